The molecule has 0 fully saturated rings. The fraction of sp³-hybridized carbons (Fsp3) is 0. The molecule has 2 aromatic carbocycles. The van der Waals surface area contributed by atoms with Crippen LogP contribution in [-0.4, -0.2) is 0 Å². The third kappa shape index (κ3) is 2.10. The van der Waals surface area contributed by atoms with Crippen LogP contribution < -0.4 is 5.32 Å². The van der Waals surface area contributed by atoms with Crippen LogP contribution in [0.15, 0.2) is 54.5 Å². The van der Waals surface area contributed by atoms with Gasteiger partial charge in [0.1, 0.15) is 5.82 Å². The first-order valence-corrected chi connectivity index (χ1v) is 4.01. The van der Waals surface area contributed by atoms with Gasteiger partial charge in [-0.25, -0.2) is 4.39 Å². The molecule has 2 aromatic rings. The first kappa shape index (κ1) is 4.60. The summed E-state index contributed by atoms with van der Waals surface area (Å²) in [5, 5.41) is 2.71. The molecule has 2 heteroatoms. The molecule has 1 nitrogen and oxygen atoms in total. The summed E-state index contributed by atoms with van der Waals surface area (Å²) in [5.41, 5.74) is 0.414. The van der Waals surface area contributed by atoms with Gasteiger partial charge in [-0.1, -0.05) is 18.1 Å². The normalized spacial score (nSPS) is 14.8. The smallest absolute Gasteiger partial charge is 0.123 e. The summed E-state index contributed by atoms with van der Waals surface area (Å²) in [5.74, 6) is -0.411. The standard InChI is InChI=1S/C12H10FN/c13-10-6-8-12(9-7-10)14-11-4-2-1-3-5-11/h1-9,14H/i1D,2D,3D,4D,5D. The van der Waals surface area contributed by atoms with Crippen molar-refractivity contribution in [2.24, 2.45) is 0 Å². The molecule has 0 aliphatic rings. The van der Waals surface area contributed by atoms with Gasteiger partial charge in [0.25, 0.3) is 0 Å². The summed E-state index contributed by atoms with van der Waals surface area (Å²) < 4.78 is 50.7. The van der Waals surface area contributed by atoms with Crippen LogP contribution in [0.2, 0.25) is 0 Å². The Hall–Kier alpha value is -1.83. The van der Waals surface area contributed by atoms with Crippen LogP contribution in [0.3, 0.4) is 0 Å². The molecule has 0 radical (unpaired) electrons. The largest absolute Gasteiger partial charge is 0.356 e. The van der Waals surface area contributed by atoms with Crippen LogP contribution >= 0.6 is 0 Å². The van der Waals surface area contributed by atoms with Gasteiger partial charge in [0.2, 0.25) is 0 Å². The van der Waals surface area contributed by atoms with Crippen molar-refractivity contribution in [1.29, 1.82) is 0 Å². The van der Waals surface area contributed by atoms with E-state index < -0.39 is 23.9 Å². The van der Waals surface area contributed by atoms with Crippen molar-refractivity contribution >= 4 is 11.4 Å². The molecular formula is C12H10FN. The highest BCUT2D eigenvalue weighted by Crippen LogP contribution is 2.15. The summed E-state index contributed by atoms with van der Waals surface area (Å²) in [6, 6.07) is 3.38. The van der Waals surface area contributed by atoms with Crippen LogP contribution in [0.25, 0.3) is 0 Å². The molecule has 0 saturated carbocycles. The zero-order valence-corrected chi connectivity index (χ0v) is 7.19. The summed E-state index contributed by atoms with van der Waals surface area (Å²) in [4.78, 5) is 0. The molecule has 0 aliphatic heterocycles. The van der Waals surface area contributed by atoms with Gasteiger partial charge in [-0.05, 0) is 36.4 Å². The number of para-hydroxylation sites is 1. The predicted molar refractivity (Wildman–Crippen MR) is 56.1 cm³/mol. The van der Waals surface area contributed by atoms with Crippen molar-refractivity contribution in [3.63, 3.8) is 0 Å². The van der Waals surface area contributed by atoms with Gasteiger partial charge >= 0.3 is 0 Å². The lowest BCUT2D eigenvalue weighted by atomic mass is 10.2. The molecule has 0 aliphatic carbocycles. The van der Waals surface area contributed by atoms with Crippen LogP contribution in [0.1, 0.15) is 6.85 Å². The second kappa shape index (κ2) is 3.92. The lowest BCUT2D eigenvalue weighted by Gasteiger charge is -2.05. The van der Waals surface area contributed by atoms with E-state index in [1.807, 2.05) is 0 Å². The monoisotopic (exact) mass is 192 g/mol. The molecule has 0 aromatic heterocycles. The van der Waals surface area contributed by atoms with E-state index in [2.05, 4.69) is 5.32 Å². The Bertz CT molecular complexity index is 598. The first-order chi connectivity index (χ1) is 8.91. The van der Waals surface area contributed by atoms with Crippen molar-refractivity contribution in [1.82, 2.24) is 0 Å². The maximum Gasteiger partial charge on any atom is 0.123 e. The van der Waals surface area contributed by atoms with E-state index in [1.54, 1.807) is 0 Å². The van der Waals surface area contributed by atoms with Crippen molar-refractivity contribution in [2.75, 3.05) is 5.32 Å². The lowest BCUT2D eigenvalue weighted by molar-refractivity contribution is 0.628. The topological polar surface area (TPSA) is 12.0 Å². The summed E-state index contributed by atoms with van der Waals surface area (Å²) in [6.07, 6.45) is 0. The highest BCUT2D eigenvalue weighted by Gasteiger charge is 1.93. The second-order valence-electron chi connectivity index (χ2n) is 2.63. The maximum atomic E-state index is 12.8. The molecule has 0 spiro atoms. The Morgan fingerprint density at radius 2 is 1.57 bits per heavy atom. The Morgan fingerprint density at radius 3 is 2.21 bits per heavy atom. The molecule has 0 amide bonds. The molecule has 0 unspecified atom stereocenters. The van der Waals surface area contributed by atoms with E-state index in [4.69, 9.17) is 6.85 Å². The Kier molecular flexibility index (Phi) is 1.29. The predicted octanol–water partition coefficient (Wildman–Crippen LogP) is 3.57. The average molecular weight is 192 g/mol. The van der Waals surface area contributed by atoms with Gasteiger partial charge in [0.15, 0.2) is 0 Å². The molecule has 0 heterocycles. The number of benzene rings is 2. The molecule has 0 saturated heterocycles. The highest BCUT2D eigenvalue weighted by atomic mass is 19.1. The van der Waals surface area contributed by atoms with Gasteiger partial charge in [0.05, 0.1) is 6.85 Å². The van der Waals surface area contributed by atoms with Crippen molar-refractivity contribution < 1.29 is 11.2 Å². The molecule has 2 rings (SSSR count). The van der Waals surface area contributed by atoms with Gasteiger partial charge in [-0.2, -0.15) is 0 Å². The van der Waals surface area contributed by atoms with Gasteiger partial charge < -0.3 is 5.32 Å². The minimum absolute atomic E-state index is 0.0300. The molecule has 1 N–H and O–H groups in total. The number of hydrogen-bond donors (Lipinski definition) is 1. The van der Waals surface area contributed by atoms with E-state index in [1.165, 1.54) is 24.3 Å². The molecule has 70 valence electrons. The Balaban J connectivity index is 2.48. The summed E-state index contributed by atoms with van der Waals surface area (Å²) in [6.45, 7) is 0. The van der Waals surface area contributed by atoms with Gasteiger partial charge in [-0.3, -0.25) is 0 Å². The van der Waals surface area contributed by atoms with Crippen LogP contribution in [0.5, 0.6) is 0 Å². The first-order valence-electron chi connectivity index (χ1n) is 6.51. The molecule has 0 atom stereocenters. The Labute approximate surface area is 89.2 Å². The third-order valence-electron chi connectivity index (χ3n) is 1.61. The van der Waals surface area contributed by atoms with Crippen molar-refractivity contribution in [3.05, 3.63) is 60.3 Å². The van der Waals surface area contributed by atoms with Gasteiger partial charge in [-0.15, -0.1) is 0 Å². The van der Waals surface area contributed by atoms with Crippen molar-refractivity contribution in [2.45, 2.75) is 0 Å². The van der Waals surface area contributed by atoms with E-state index in [9.17, 15) is 4.39 Å². The minimum Gasteiger partial charge on any atom is -0.356 e. The van der Waals surface area contributed by atoms with E-state index in [0.717, 1.165) is 0 Å². The van der Waals surface area contributed by atoms with Gasteiger partial charge in [0, 0.05) is 11.4 Å². The second-order valence-corrected chi connectivity index (χ2v) is 2.63. The number of hydrogen-bond acceptors (Lipinski definition) is 1. The molecule has 0 bridgehead atoms. The van der Waals surface area contributed by atoms with Crippen LogP contribution in [-0.2, 0) is 0 Å². The SMILES string of the molecule is [2H]c1c([2H])c([2H])c(Nc2ccc(F)cc2)c([2H])c1[2H]. The molecule has 14 heavy (non-hydrogen) atoms. The van der Waals surface area contributed by atoms with Crippen LogP contribution in [0, 0.1) is 5.82 Å². The Morgan fingerprint density at radius 1 is 0.929 bits per heavy atom. The number of nitrogens with one attached hydrogen (secondary N) is 1. The lowest BCUT2D eigenvalue weighted by Crippen LogP contribution is -1.89. The van der Waals surface area contributed by atoms with Crippen molar-refractivity contribution in [3.8, 4) is 0 Å². The van der Waals surface area contributed by atoms with E-state index in [-0.39, 0.29) is 17.8 Å². The summed E-state index contributed by atoms with van der Waals surface area (Å²) >= 11 is 0. The zero-order valence-electron chi connectivity index (χ0n) is 12.2. The summed E-state index contributed by atoms with van der Waals surface area (Å²) in [7, 11) is 0. The third-order valence-corrected chi connectivity index (χ3v) is 1.61. The maximum absolute atomic E-state index is 12.8. The fourth-order valence-corrected chi connectivity index (χ4v) is 0.990. The van der Waals surface area contributed by atoms with Crippen LogP contribution in [0.4, 0.5) is 15.8 Å². The number of rotatable bonds is 2. The fourth-order valence-electron chi connectivity index (χ4n) is 0.990. The zero-order chi connectivity index (χ0) is 14.2. The highest BCUT2D eigenvalue weighted by molar-refractivity contribution is 5.58. The van der Waals surface area contributed by atoms with E-state index in [0.29, 0.717) is 5.69 Å². The average Bonchev–Trinajstić information content (AvgIpc) is 2.41. The van der Waals surface area contributed by atoms with E-state index >= 15 is 0 Å². The number of halogens is 1. The number of anilines is 2. The minimum atomic E-state index is -0.445. The quantitative estimate of drug-likeness (QED) is 0.767. The molecular weight excluding hydrogens is 177 g/mol.